The van der Waals surface area contributed by atoms with Gasteiger partial charge in [-0.2, -0.15) is 5.10 Å². The normalized spacial score (nSPS) is 10.5. The van der Waals surface area contributed by atoms with E-state index in [-0.39, 0.29) is 0 Å². The van der Waals surface area contributed by atoms with Crippen LogP contribution in [-0.4, -0.2) is 11.2 Å². The second-order valence-electron chi connectivity index (χ2n) is 1.98. The topological polar surface area (TPSA) is 51.3 Å². The molecule has 1 rings (SSSR count). The van der Waals surface area contributed by atoms with Crippen LogP contribution in [0.5, 0.6) is 0 Å². The van der Waals surface area contributed by atoms with Crippen LogP contribution >= 0.6 is 0 Å². The lowest BCUT2D eigenvalue weighted by Gasteiger charge is -1.91. The Labute approximate surface area is 59.6 Å². The maximum absolute atomic E-state index is 4.94. The smallest absolute Gasteiger partial charge is 0.0833 e. The molecule has 52 valence electrons. The molecule has 0 aliphatic heterocycles. The lowest BCUT2D eigenvalue weighted by atomic mass is 10.3. The SMILES string of the molecule is Cc1cccc(/C=N/N)n1. The van der Waals surface area contributed by atoms with E-state index in [4.69, 9.17) is 5.84 Å². The second-order valence-corrected chi connectivity index (χ2v) is 1.98. The summed E-state index contributed by atoms with van der Waals surface area (Å²) >= 11 is 0. The molecular formula is C7H9N3. The molecular weight excluding hydrogens is 126 g/mol. The van der Waals surface area contributed by atoms with Crippen molar-refractivity contribution in [1.82, 2.24) is 4.98 Å². The third kappa shape index (κ3) is 1.55. The van der Waals surface area contributed by atoms with Crippen LogP contribution < -0.4 is 5.84 Å². The van der Waals surface area contributed by atoms with Crippen LogP contribution in [0.15, 0.2) is 23.3 Å². The summed E-state index contributed by atoms with van der Waals surface area (Å²) in [4.78, 5) is 4.13. The molecule has 1 aromatic rings. The van der Waals surface area contributed by atoms with E-state index in [2.05, 4.69) is 10.1 Å². The number of nitrogens with two attached hydrogens (primary N) is 1. The number of aryl methyl sites for hydroxylation is 1. The van der Waals surface area contributed by atoms with Gasteiger partial charge < -0.3 is 5.84 Å². The molecule has 1 heterocycles. The highest BCUT2D eigenvalue weighted by Crippen LogP contribution is 1.93. The van der Waals surface area contributed by atoms with E-state index in [1.54, 1.807) is 0 Å². The van der Waals surface area contributed by atoms with Crippen molar-refractivity contribution in [1.29, 1.82) is 0 Å². The fourth-order valence-electron chi connectivity index (χ4n) is 0.712. The first kappa shape index (κ1) is 6.74. The fourth-order valence-corrected chi connectivity index (χ4v) is 0.712. The number of pyridine rings is 1. The molecule has 0 aliphatic carbocycles. The summed E-state index contributed by atoms with van der Waals surface area (Å²) in [7, 11) is 0. The van der Waals surface area contributed by atoms with E-state index in [9.17, 15) is 0 Å². The minimum absolute atomic E-state index is 0.794. The summed E-state index contributed by atoms with van der Waals surface area (Å²) in [5.74, 6) is 4.94. The molecule has 0 aliphatic rings. The third-order valence-electron chi connectivity index (χ3n) is 1.12. The molecule has 2 N–H and O–H groups in total. The molecule has 0 spiro atoms. The van der Waals surface area contributed by atoms with Gasteiger partial charge in [-0.25, -0.2) is 0 Å². The van der Waals surface area contributed by atoms with E-state index >= 15 is 0 Å². The predicted molar refractivity (Wildman–Crippen MR) is 40.8 cm³/mol. The van der Waals surface area contributed by atoms with Gasteiger partial charge in [-0.3, -0.25) is 4.98 Å². The maximum atomic E-state index is 4.94. The van der Waals surface area contributed by atoms with Gasteiger partial charge in [0, 0.05) is 5.69 Å². The number of hydrazone groups is 1. The predicted octanol–water partition coefficient (Wildman–Crippen LogP) is 0.683. The zero-order chi connectivity index (χ0) is 7.40. The van der Waals surface area contributed by atoms with Gasteiger partial charge in [-0.1, -0.05) is 6.07 Å². The van der Waals surface area contributed by atoms with Crippen molar-refractivity contribution in [2.75, 3.05) is 0 Å². The summed E-state index contributed by atoms with van der Waals surface area (Å²) in [5.41, 5.74) is 1.76. The van der Waals surface area contributed by atoms with E-state index in [0.717, 1.165) is 11.4 Å². The van der Waals surface area contributed by atoms with Gasteiger partial charge in [0.05, 0.1) is 11.9 Å². The van der Waals surface area contributed by atoms with Gasteiger partial charge in [0.2, 0.25) is 0 Å². The summed E-state index contributed by atoms with van der Waals surface area (Å²) in [6, 6.07) is 5.69. The van der Waals surface area contributed by atoms with E-state index in [0.29, 0.717) is 0 Å². The van der Waals surface area contributed by atoms with E-state index in [1.165, 1.54) is 6.21 Å². The van der Waals surface area contributed by atoms with Crippen LogP contribution in [0.4, 0.5) is 0 Å². The average molecular weight is 135 g/mol. The van der Waals surface area contributed by atoms with Gasteiger partial charge >= 0.3 is 0 Å². The second kappa shape index (κ2) is 2.96. The Kier molecular flexibility index (Phi) is 1.99. The Morgan fingerprint density at radius 2 is 2.40 bits per heavy atom. The van der Waals surface area contributed by atoms with Crippen molar-refractivity contribution < 1.29 is 0 Å². The number of hydrogen-bond acceptors (Lipinski definition) is 3. The van der Waals surface area contributed by atoms with Crippen molar-refractivity contribution in [3.63, 3.8) is 0 Å². The molecule has 0 unspecified atom stereocenters. The summed E-state index contributed by atoms with van der Waals surface area (Å²) in [6.45, 7) is 1.92. The fraction of sp³-hybridized carbons (Fsp3) is 0.143. The van der Waals surface area contributed by atoms with Crippen LogP contribution in [0.25, 0.3) is 0 Å². The molecule has 3 heteroatoms. The molecule has 10 heavy (non-hydrogen) atoms. The van der Waals surface area contributed by atoms with Crippen LogP contribution in [-0.2, 0) is 0 Å². The Hall–Kier alpha value is -1.38. The highest BCUT2D eigenvalue weighted by molar-refractivity contribution is 5.76. The molecule has 0 atom stereocenters. The Balaban J connectivity index is 2.95. The number of aromatic nitrogens is 1. The summed E-state index contributed by atoms with van der Waals surface area (Å²) in [5, 5.41) is 3.36. The monoisotopic (exact) mass is 135 g/mol. The quantitative estimate of drug-likeness (QED) is 0.350. The van der Waals surface area contributed by atoms with Crippen LogP contribution in [0.3, 0.4) is 0 Å². The van der Waals surface area contributed by atoms with E-state index < -0.39 is 0 Å². The molecule has 0 saturated carbocycles. The van der Waals surface area contributed by atoms with Crippen molar-refractivity contribution in [3.05, 3.63) is 29.6 Å². The molecule has 0 aromatic carbocycles. The first-order valence-corrected chi connectivity index (χ1v) is 3.00. The minimum Gasteiger partial charge on any atom is -0.323 e. The van der Waals surface area contributed by atoms with Crippen LogP contribution in [0, 0.1) is 6.92 Å². The minimum atomic E-state index is 0.794. The van der Waals surface area contributed by atoms with Gasteiger partial charge in [-0.15, -0.1) is 0 Å². The molecule has 0 fully saturated rings. The Morgan fingerprint density at radius 3 is 3.00 bits per heavy atom. The Bertz CT molecular complexity index is 242. The summed E-state index contributed by atoms with van der Waals surface area (Å²) in [6.07, 6.45) is 1.52. The number of hydrogen-bond donors (Lipinski definition) is 1. The average Bonchev–Trinajstić information content (AvgIpc) is 1.88. The largest absolute Gasteiger partial charge is 0.323 e. The van der Waals surface area contributed by atoms with Gasteiger partial charge in [0.15, 0.2) is 0 Å². The van der Waals surface area contributed by atoms with E-state index in [1.807, 2.05) is 25.1 Å². The molecule has 3 nitrogen and oxygen atoms in total. The first-order chi connectivity index (χ1) is 4.83. The molecule has 0 saturated heterocycles. The lowest BCUT2D eigenvalue weighted by molar-refractivity contribution is 1.17. The lowest BCUT2D eigenvalue weighted by Crippen LogP contribution is -1.91. The van der Waals surface area contributed by atoms with Gasteiger partial charge in [0.1, 0.15) is 0 Å². The first-order valence-electron chi connectivity index (χ1n) is 3.00. The molecule has 1 aromatic heterocycles. The number of rotatable bonds is 1. The van der Waals surface area contributed by atoms with Crippen LogP contribution in [0.2, 0.25) is 0 Å². The Morgan fingerprint density at radius 1 is 1.60 bits per heavy atom. The van der Waals surface area contributed by atoms with Crippen molar-refractivity contribution in [2.24, 2.45) is 10.9 Å². The zero-order valence-electron chi connectivity index (χ0n) is 5.78. The third-order valence-corrected chi connectivity index (χ3v) is 1.12. The van der Waals surface area contributed by atoms with Crippen molar-refractivity contribution in [2.45, 2.75) is 6.92 Å². The van der Waals surface area contributed by atoms with Gasteiger partial charge in [-0.05, 0) is 19.1 Å². The van der Waals surface area contributed by atoms with Crippen molar-refractivity contribution in [3.8, 4) is 0 Å². The van der Waals surface area contributed by atoms with Crippen LogP contribution in [0.1, 0.15) is 11.4 Å². The number of nitrogens with zero attached hydrogens (tertiary/aromatic N) is 2. The molecule has 0 bridgehead atoms. The highest BCUT2D eigenvalue weighted by Gasteiger charge is 1.87. The zero-order valence-corrected chi connectivity index (χ0v) is 5.78. The standard InChI is InChI=1S/C7H9N3/c1-6-3-2-4-7(10-6)5-9-8/h2-5H,8H2,1H3/b9-5+. The van der Waals surface area contributed by atoms with Crippen molar-refractivity contribution >= 4 is 6.21 Å². The maximum Gasteiger partial charge on any atom is 0.0833 e. The summed E-state index contributed by atoms with van der Waals surface area (Å²) < 4.78 is 0. The highest BCUT2D eigenvalue weighted by atomic mass is 15.1. The van der Waals surface area contributed by atoms with Gasteiger partial charge in [0.25, 0.3) is 0 Å². The molecule has 0 radical (unpaired) electrons. The molecule has 0 amide bonds.